The molecule has 0 heterocycles. The van der Waals surface area contributed by atoms with Crippen LogP contribution in [-0.2, 0) is 0 Å². The Morgan fingerprint density at radius 1 is 0.857 bits per heavy atom. The maximum absolute atomic E-state index is 5.47. The van der Waals surface area contributed by atoms with E-state index in [0.717, 1.165) is 32.8 Å². The van der Waals surface area contributed by atoms with E-state index in [1.165, 1.54) is 0 Å². The Labute approximate surface area is 141 Å². The van der Waals surface area contributed by atoms with E-state index in [2.05, 4.69) is 31.9 Å². The summed E-state index contributed by atoms with van der Waals surface area (Å²) >= 11 is 7.20. The molecule has 0 amide bonds. The van der Waals surface area contributed by atoms with E-state index < -0.39 is 0 Å². The zero-order valence-corrected chi connectivity index (χ0v) is 15.2. The zero-order valence-electron chi connectivity index (χ0n) is 12.0. The van der Waals surface area contributed by atoms with Crippen molar-refractivity contribution in [2.24, 2.45) is 0 Å². The lowest BCUT2D eigenvalue weighted by molar-refractivity contribution is 0.397. The largest absolute Gasteiger partial charge is 0.497 e. The molecular formula is C16H16Br2O3. The van der Waals surface area contributed by atoms with Crippen LogP contribution in [-0.4, -0.2) is 21.3 Å². The lowest BCUT2D eigenvalue weighted by atomic mass is 10.0. The molecule has 112 valence electrons. The minimum atomic E-state index is 0.000330. The molecule has 0 aliphatic heterocycles. The summed E-state index contributed by atoms with van der Waals surface area (Å²) < 4.78 is 16.9. The van der Waals surface area contributed by atoms with Gasteiger partial charge in [-0.15, -0.1) is 0 Å². The van der Waals surface area contributed by atoms with Crippen molar-refractivity contribution < 1.29 is 14.2 Å². The molecule has 0 aliphatic rings. The molecule has 0 saturated carbocycles. The first-order valence-corrected chi connectivity index (χ1v) is 8.01. The van der Waals surface area contributed by atoms with Gasteiger partial charge in [-0.2, -0.15) is 0 Å². The van der Waals surface area contributed by atoms with E-state index in [4.69, 9.17) is 14.2 Å². The summed E-state index contributed by atoms with van der Waals surface area (Å²) in [7, 11) is 4.96. The summed E-state index contributed by atoms with van der Waals surface area (Å²) in [6.07, 6.45) is 0. The molecule has 0 aromatic heterocycles. The average molecular weight is 416 g/mol. The SMILES string of the molecule is COc1ccc(C(Br)c2cc(OC)c(Br)cc2OC)cc1. The van der Waals surface area contributed by atoms with E-state index in [9.17, 15) is 0 Å². The van der Waals surface area contributed by atoms with Gasteiger partial charge in [0.15, 0.2) is 0 Å². The van der Waals surface area contributed by atoms with Gasteiger partial charge in [-0.3, -0.25) is 0 Å². The molecule has 5 heteroatoms. The third kappa shape index (κ3) is 3.52. The highest BCUT2D eigenvalue weighted by Crippen LogP contribution is 2.41. The van der Waals surface area contributed by atoms with Crippen molar-refractivity contribution >= 4 is 31.9 Å². The molecule has 2 aromatic rings. The first-order chi connectivity index (χ1) is 10.1. The van der Waals surface area contributed by atoms with Crippen LogP contribution in [0.1, 0.15) is 16.0 Å². The highest BCUT2D eigenvalue weighted by atomic mass is 79.9. The molecule has 0 radical (unpaired) electrons. The second-order valence-electron chi connectivity index (χ2n) is 4.36. The minimum Gasteiger partial charge on any atom is -0.497 e. The molecule has 0 aliphatic carbocycles. The van der Waals surface area contributed by atoms with Crippen LogP contribution >= 0.6 is 31.9 Å². The fourth-order valence-corrected chi connectivity index (χ4v) is 3.18. The van der Waals surface area contributed by atoms with Gasteiger partial charge < -0.3 is 14.2 Å². The summed E-state index contributed by atoms with van der Waals surface area (Å²) in [5.74, 6) is 2.39. The van der Waals surface area contributed by atoms with Crippen molar-refractivity contribution in [3.05, 3.63) is 52.0 Å². The quantitative estimate of drug-likeness (QED) is 0.646. The van der Waals surface area contributed by atoms with Crippen LogP contribution in [0.3, 0.4) is 0 Å². The summed E-state index contributed by atoms with van der Waals surface area (Å²) in [6.45, 7) is 0. The lowest BCUT2D eigenvalue weighted by Crippen LogP contribution is -1.99. The fourth-order valence-electron chi connectivity index (χ4n) is 2.03. The standard InChI is InChI=1S/C16H16Br2O3/c1-19-11-6-4-10(5-7-11)16(18)12-8-15(21-3)13(17)9-14(12)20-2/h4-9,16H,1-3H3. The summed E-state index contributed by atoms with van der Waals surface area (Å²) in [4.78, 5) is 0.000330. The normalized spacial score (nSPS) is 11.9. The number of halogens is 2. The Morgan fingerprint density at radius 3 is 2.00 bits per heavy atom. The summed E-state index contributed by atoms with van der Waals surface area (Å²) in [5, 5.41) is 0. The molecule has 2 aromatic carbocycles. The van der Waals surface area contributed by atoms with Crippen LogP contribution < -0.4 is 14.2 Å². The van der Waals surface area contributed by atoms with Gasteiger partial charge in [0, 0.05) is 5.56 Å². The van der Waals surface area contributed by atoms with Gasteiger partial charge in [-0.1, -0.05) is 28.1 Å². The van der Waals surface area contributed by atoms with Crippen molar-refractivity contribution in [2.75, 3.05) is 21.3 Å². The van der Waals surface area contributed by atoms with Crippen molar-refractivity contribution in [3.8, 4) is 17.2 Å². The van der Waals surface area contributed by atoms with Crippen molar-refractivity contribution in [3.63, 3.8) is 0 Å². The minimum absolute atomic E-state index is 0.000330. The number of hydrogen-bond acceptors (Lipinski definition) is 3. The Balaban J connectivity index is 2.43. The van der Waals surface area contributed by atoms with Crippen LogP contribution in [0.15, 0.2) is 40.9 Å². The van der Waals surface area contributed by atoms with Crippen molar-refractivity contribution in [2.45, 2.75) is 4.83 Å². The number of hydrogen-bond donors (Lipinski definition) is 0. The molecule has 0 bridgehead atoms. The van der Waals surface area contributed by atoms with Crippen LogP contribution in [0.25, 0.3) is 0 Å². The second kappa shape index (κ2) is 7.18. The lowest BCUT2D eigenvalue weighted by Gasteiger charge is -2.17. The van der Waals surface area contributed by atoms with Crippen LogP contribution in [0.5, 0.6) is 17.2 Å². The Hall–Kier alpha value is -1.20. The fraction of sp³-hybridized carbons (Fsp3) is 0.250. The highest BCUT2D eigenvalue weighted by Gasteiger charge is 2.18. The van der Waals surface area contributed by atoms with Crippen molar-refractivity contribution in [1.82, 2.24) is 0 Å². The van der Waals surface area contributed by atoms with E-state index in [-0.39, 0.29) is 4.83 Å². The molecule has 0 fully saturated rings. The molecule has 2 rings (SSSR count). The molecule has 0 saturated heterocycles. The van der Waals surface area contributed by atoms with Gasteiger partial charge in [0.2, 0.25) is 0 Å². The van der Waals surface area contributed by atoms with Gasteiger partial charge in [-0.25, -0.2) is 0 Å². The third-order valence-corrected chi connectivity index (χ3v) is 4.83. The first kappa shape index (κ1) is 16.2. The molecular weight excluding hydrogens is 400 g/mol. The molecule has 3 nitrogen and oxygen atoms in total. The van der Waals surface area contributed by atoms with Gasteiger partial charge >= 0.3 is 0 Å². The third-order valence-electron chi connectivity index (χ3n) is 3.19. The average Bonchev–Trinajstić information content (AvgIpc) is 2.54. The van der Waals surface area contributed by atoms with E-state index in [1.54, 1.807) is 21.3 Å². The predicted octanol–water partition coefficient (Wildman–Crippen LogP) is 4.96. The number of benzene rings is 2. The van der Waals surface area contributed by atoms with Gasteiger partial charge in [0.05, 0.1) is 30.6 Å². The van der Waals surface area contributed by atoms with Crippen LogP contribution in [0.2, 0.25) is 0 Å². The van der Waals surface area contributed by atoms with E-state index in [0.29, 0.717) is 0 Å². The van der Waals surface area contributed by atoms with Crippen LogP contribution in [0.4, 0.5) is 0 Å². The number of methoxy groups -OCH3 is 3. The zero-order chi connectivity index (χ0) is 15.4. The Bertz CT molecular complexity index is 612. The number of alkyl halides is 1. The second-order valence-corrected chi connectivity index (χ2v) is 6.13. The van der Waals surface area contributed by atoms with Crippen molar-refractivity contribution in [1.29, 1.82) is 0 Å². The predicted molar refractivity (Wildman–Crippen MR) is 91.0 cm³/mol. The number of rotatable bonds is 5. The number of ether oxygens (including phenoxy) is 3. The van der Waals surface area contributed by atoms with Crippen LogP contribution in [0, 0.1) is 0 Å². The highest BCUT2D eigenvalue weighted by molar-refractivity contribution is 9.10. The maximum atomic E-state index is 5.47. The molecule has 1 atom stereocenters. The molecule has 0 N–H and O–H groups in total. The molecule has 0 spiro atoms. The summed E-state index contributed by atoms with van der Waals surface area (Å²) in [6, 6.07) is 11.8. The van der Waals surface area contributed by atoms with E-state index in [1.807, 2.05) is 36.4 Å². The maximum Gasteiger partial charge on any atom is 0.133 e. The molecule has 21 heavy (non-hydrogen) atoms. The van der Waals surface area contributed by atoms with Gasteiger partial charge in [0.1, 0.15) is 17.2 Å². The monoisotopic (exact) mass is 414 g/mol. The Kier molecular flexibility index (Phi) is 5.53. The Morgan fingerprint density at radius 2 is 1.48 bits per heavy atom. The smallest absolute Gasteiger partial charge is 0.133 e. The van der Waals surface area contributed by atoms with E-state index >= 15 is 0 Å². The topological polar surface area (TPSA) is 27.7 Å². The first-order valence-electron chi connectivity index (χ1n) is 6.30. The van der Waals surface area contributed by atoms with Gasteiger partial charge in [0.25, 0.3) is 0 Å². The molecule has 1 unspecified atom stereocenters. The van der Waals surface area contributed by atoms with Gasteiger partial charge in [-0.05, 0) is 45.8 Å². The summed E-state index contributed by atoms with van der Waals surface area (Å²) in [5.41, 5.74) is 2.11.